The highest BCUT2D eigenvalue weighted by Crippen LogP contribution is 2.37. The smallest absolute Gasteiger partial charge is 0.134 e. The molecule has 1 heterocycles. The lowest BCUT2D eigenvalue weighted by Gasteiger charge is -2.11. The van der Waals surface area contributed by atoms with Gasteiger partial charge in [-0.15, -0.1) is 23.2 Å². The minimum atomic E-state index is -0.683. The molecule has 0 spiro atoms. The Bertz CT molecular complexity index is 553. The van der Waals surface area contributed by atoms with Crippen molar-refractivity contribution in [3.63, 3.8) is 0 Å². The van der Waals surface area contributed by atoms with E-state index in [1.165, 1.54) is 0 Å². The molecule has 0 amide bonds. The van der Waals surface area contributed by atoms with Crippen molar-refractivity contribution in [3.8, 4) is 0 Å². The van der Waals surface area contributed by atoms with Crippen LogP contribution in [0.5, 0.6) is 0 Å². The molecule has 0 bridgehead atoms. The first-order chi connectivity index (χ1) is 8.00. The predicted molar refractivity (Wildman–Crippen MR) is 75.6 cm³/mol. The summed E-state index contributed by atoms with van der Waals surface area (Å²) in [7, 11) is 0. The van der Waals surface area contributed by atoms with E-state index in [4.69, 9.17) is 58.0 Å². The van der Waals surface area contributed by atoms with Gasteiger partial charge in [-0.2, -0.15) is 0 Å². The van der Waals surface area contributed by atoms with Crippen LogP contribution in [0.2, 0.25) is 5.15 Å². The Morgan fingerprint density at radius 3 is 2.18 bits per heavy atom. The summed E-state index contributed by atoms with van der Waals surface area (Å²) < 4.78 is 0. The second kappa shape index (κ2) is 5.38. The molecule has 0 aliphatic rings. The molecule has 0 aliphatic carbocycles. The highest BCUT2D eigenvalue weighted by Gasteiger charge is 2.15. The van der Waals surface area contributed by atoms with Crippen molar-refractivity contribution < 1.29 is 0 Å². The number of halogens is 5. The fourth-order valence-electron chi connectivity index (χ4n) is 1.62. The third-order valence-electron chi connectivity index (χ3n) is 2.34. The highest BCUT2D eigenvalue weighted by molar-refractivity contribution is 6.45. The van der Waals surface area contributed by atoms with Crippen LogP contribution in [-0.4, -0.2) is 4.98 Å². The zero-order valence-electron chi connectivity index (χ0n) is 8.30. The number of nitrogens with zero attached hydrogens (tertiary/aromatic N) is 1. The van der Waals surface area contributed by atoms with E-state index in [0.29, 0.717) is 21.8 Å². The Morgan fingerprint density at radius 2 is 1.59 bits per heavy atom. The lowest BCUT2D eigenvalue weighted by atomic mass is 10.1. The number of hydrogen-bond donors (Lipinski definition) is 0. The maximum Gasteiger partial charge on any atom is 0.134 e. The summed E-state index contributed by atoms with van der Waals surface area (Å²) in [6.07, 6.45) is 0. The Hall–Kier alpha value is 0.0800. The maximum atomic E-state index is 5.93. The Kier molecular flexibility index (Phi) is 4.27. The first-order valence-corrected chi connectivity index (χ1v) is 6.78. The molecular formula is C11H6Cl5N. The topological polar surface area (TPSA) is 12.9 Å². The Labute approximate surface area is 124 Å². The second-order valence-electron chi connectivity index (χ2n) is 3.38. The number of rotatable bonds is 2. The van der Waals surface area contributed by atoms with Crippen LogP contribution >= 0.6 is 58.0 Å². The van der Waals surface area contributed by atoms with E-state index in [9.17, 15) is 0 Å². The molecule has 0 radical (unpaired) electrons. The summed E-state index contributed by atoms with van der Waals surface area (Å²) in [6.45, 7) is 0. The summed E-state index contributed by atoms with van der Waals surface area (Å²) in [5.41, 5.74) is 2.00. The number of alkyl halides is 4. The lowest BCUT2D eigenvalue weighted by Crippen LogP contribution is -1.93. The van der Waals surface area contributed by atoms with Gasteiger partial charge in [-0.1, -0.05) is 53.0 Å². The van der Waals surface area contributed by atoms with Crippen molar-refractivity contribution in [2.75, 3.05) is 0 Å². The number of para-hydroxylation sites is 1. The molecular weight excluding hydrogens is 323 g/mol. The fourth-order valence-corrected chi connectivity index (χ4v) is 2.54. The molecule has 0 atom stereocenters. The van der Waals surface area contributed by atoms with Crippen molar-refractivity contribution >= 4 is 68.9 Å². The highest BCUT2D eigenvalue weighted by atomic mass is 35.5. The average Bonchev–Trinajstić information content (AvgIpc) is 2.26. The molecule has 0 unspecified atom stereocenters. The summed E-state index contributed by atoms with van der Waals surface area (Å²) in [4.78, 5) is 2.86. The molecule has 0 N–H and O–H groups in total. The molecule has 0 saturated carbocycles. The van der Waals surface area contributed by atoms with Crippen LogP contribution < -0.4 is 0 Å². The number of aromatic nitrogens is 1. The zero-order valence-corrected chi connectivity index (χ0v) is 12.1. The predicted octanol–water partition coefficient (Wildman–Crippen LogP) is 5.84. The molecule has 0 saturated heterocycles. The van der Waals surface area contributed by atoms with Crippen molar-refractivity contribution in [1.82, 2.24) is 4.98 Å². The normalized spacial score (nSPS) is 11.7. The first-order valence-electron chi connectivity index (χ1n) is 4.66. The molecule has 2 rings (SSSR count). The van der Waals surface area contributed by atoms with Gasteiger partial charge in [0.1, 0.15) is 14.8 Å². The van der Waals surface area contributed by atoms with E-state index in [1.807, 2.05) is 12.1 Å². The van der Waals surface area contributed by atoms with Gasteiger partial charge in [0, 0.05) is 10.9 Å². The van der Waals surface area contributed by atoms with E-state index < -0.39 is 9.67 Å². The van der Waals surface area contributed by atoms with Gasteiger partial charge in [0.05, 0.1) is 5.52 Å². The number of benzene rings is 1. The lowest BCUT2D eigenvalue weighted by molar-refractivity contribution is 1.27. The minimum absolute atomic E-state index is 0.306. The summed E-state index contributed by atoms with van der Waals surface area (Å²) in [6, 6.07) is 7.10. The van der Waals surface area contributed by atoms with Crippen molar-refractivity contribution in [2.45, 2.75) is 9.67 Å². The van der Waals surface area contributed by atoms with Crippen LogP contribution in [0, 0.1) is 0 Å². The molecule has 6 heteroatoms. The van der Waals surface area contributed by atoms with Crippen molar-refractivity contribution in [3.05, 3.63) is 40.5 Å². The second-order valence-corrected chi connectivity index (χ2v) is 5.96. The SMILES string of the molecule is Clc1cc(C(Cl)Cl)c2cccc(C(Cl)Cl)c2n1. The minimum Gasteiger partial charge on any atom is -0.236 e. The number of pyridine rings is 1. The number of hydrogen-bond acceptors (Lipinski definition) is 1. The van der Waals surface area contributed by atoms with Gasteiger partial charge in [0.25, 0.3) is 0 Å². The third kappa shape index (κ3) is 2.74. The van der Waals surface area contributed by atoms with Gasteiger partial charge >= 0.3 is 0 Å². The van der Waals surface area contributed by atoms with Crippen LogP contribution in [0.25, 0.3) is 10.9 Å². The average molecular weight is 329 g/mol. The molecule has 1 nitrogen and oxygen atoms in total. The molecule has 90 valence electrons. The van der Waals surface area contributed by atoms with Crippen LogP contribution in [0.1, 0.15) is 20.8 Å². The number of fused-ring (bicyclic) bond motifs is 1. The van der Waals surface area contributed by atoms with Gasteiger partial charge in [-0.3, -0.25) is 0 Å². The van der Waals surface area contributed by atoms with E-state index in [1.54, 1.807) is 12.1 Å². The van der Waals surface area contributed by atoms with E-state index in [-0.39, 0.29) is 0 Å². The van der Waals surface area contributed by atoms with Crippen molar-refractivity contribution in [1.29, 1.82) is 0 Å². The molecule has 2 aromatic rings. The van der Waals surface area contributed by atoms with E-state index in [2.05, 4.69) is 4.98 Å². The molecule has 1 aromatic heterocycles. The Morgan fingerprint density at radius 1 is 0.941 bits per heavy atom. The molecule has 0 fully saturated rings. The van der Waals surface area contributed by atoms with Gasteiger partial charge in [0.15, 0.2) is 0 Å². The molecule has 17 heavy (non-hydrogen) atoms. The van der Waals surface area contributed by atoms with Gasteiger partial charge in [0.2, 0.25) is 0 Å². The van der Waals surface area contributed by atoms with Crippen LogP contribution in [-0.2, 0) is 0 Å². The fraction of sp³-hybridized carbons (Fsp3) is 0.182. The van der Waals surface area contributed by atoms with Crippen LogP contribution in [0.3, 0.4) is 0 Å². The maximum absolute atomic E-state index is 5.93. The monoisotopic (exact) mass is 327 g/mol. The van der Waals surface area contributed by atoms with Gasteiger partial charge < -0.3 is 0 Å². The van der Waals surface area contributed by atoms with E-state index in [0.717, 1.165) is 5.39 Å². The van der Waals surface area contributed by atoms with Crippen LogP contribution in [0.4, 0.5) is 0 Å². The van der Waals surface area contributed by atoms with Crippen molar-refractivity contribution in [2.24, 2.45) is 0 Å². The summed E-state index contributed by atoms with van der Waals surface area (Å²) >= 11 is 29.5. The van der Waals surface area contributed by atoms with Crippen LogP contribution in [0.15, 0.2) is 24.3 Å². The van der Waals surface area contributed by atoms with Gasteiger partial charge in [-0.25, -0.2) is 4.98 Å². The first kappa shape index (κ1) is 13.5. The van der Waals surface area contributed by atoms with E-state index >= 15 is 0 Å². The quantitative estimate of drug-likeness (QED) is 0.498. The largest absolute Gasteiger partial charge is 0.236 e. The molecule has 1 aromatic carbocycles. The third-order valence-corrected chi connectivity index (χ3v) is 3.48. The molecule has 0 aliphatic heterocycles. The van der Waals surface area contributed by atoms with Gasteiger partial charge in [-0.05, 0) is 11.6 Å². The summed E-state index contributed by atoms with van der Waals surface area (Å²) in [5.74, 6) is 0. The Balaban J connectivity index is 2.83. The zero-order chi connectivity index (χ0) is 12.6. The summed E-state index contributed by atoms with van der Waals surface area (Å²) in [5, 5.41) is 1.11. The standard InChI is InChI=1S/C11H6Cl5N/c12-8-4-7(11(15)16)5-2-1-3-6(10(13)14)9(5)17-8/h1-4,10-11H.